The number of urea groups is 1. The van der Waals surface area contributed by atoms with Gasteiger partial charge in [-0.05, 0) is 55.3 Å². The zero-order valence-electron chi connectivity index (χ0n) is 18.0. The van der Waals surface area contributed by atoms with E-state index in [1.54, 1.807) is 0 Å². The fourth-order valence-electron chi connectivity index (χ4n) is 3.53. The lowest BCUT2D eigenvalue weighted by molar-refractivity contribution is -0.119. The Balaban J connectivity index is 1.40. The molecule has 0 spiro atoms. The van der Waals surface area contributed by atoms with E-state index in [1.165, 1.54) is 34.4 Å². The summed E-state index contributed by atoms with van der Waals surface area (Å²) in [5.74, 6) is -0.899. The van der Waals surface area contributed by atoms with Crippen molar-refractivity contribution in [3.8, 4) is 10.6 Å². The molecule has 1 saturated heterocycles. The minimum absolute atomic E-state index is 0.0908. The molecule has 1 aromatic heterocycles. The minimum atomic E-state index is -0.646. The first-order chi connectivity index (χ1) is 15.8. The van der Waals surface area contributed by atoms with Crippen LogP contribution in [-0.4, -0.2) is 53.7 Å². The largest absolute Gasteiger partial charge is 0.378 e. The third kappa shape index (κ3) is 5.23. The van der Waals surface area contributed by atoms with Crippen LogP contribution in [0, 0.1) is 5.82 Å². The molecule has 2 heterocycles. The third-order valence-electron chi connectivity index (χ3n) is 5.27. The summed E-state index contributed by atoms with van der Waals surface area (Å²) in [5, 5.41) is 14.6. The molecule has 1 unspecified atom stereocenters. The molecule has 3 aromatic rings. The van der Waals surface area contributed by atoms with Crippen LogP contribution in [0.15, 0.2) is 42.5 Å². The fraction of sp³-hybridized carbons (Fsp3) is 0.273. The number of rotatable bonds is 5. The first kappa shape index (κ1) is 22.9. The average Bonchev–Trinajstić information content (AvgIpc) is 3.46. The quantitative estimate of drug-likeness (QED) is 0.543. The SMILES string of the molecule is CN(C)c1ccc(-c2nnc(NC(=O)C3CCCN3C(=O)Nc3ccc(F)c(Cl)c3)s2)cc1. The van der Waals surface area contributed by atoms with Gasteiger partial charge in [-0.2, -0.15) is 0 Å². The molecule has 1 atom stereocenters. The van der Waals surface area contributed by atoms with Crippen LogP contribution in [0.5, 0.6) is 0 Å². The zero-order chi connectivity index (χ0) is 23.5. The van der Waals surface area contributed by atoms with E-state index in [-0.39, 0.29) is 10.9 Å². The molecule has 2 aromatic carbocycles. The number of nitrogens with one attached hydrogen (secondary N) is 2. The van der Waals surface area contributed by atoms with Gasteiger partial charge >= 0.3 is 6.03 Å². The van der Waals surface area contributed by atoms with E-state index >= 15 is 0 Å². The molecule has 2 N–H and O–H groups in total. The molecular weight excluding hydrogens is 467 g/mol. The van der Waals surface area contributed by atoms with Gasteiger partial charge in [-0.3, -0.25) is 10.1 Å². The summed E-state index contributed by atoms with van der Waals surface area (Å²) in [7, 11) is 3.93. The van der Waals surface area contributed by atoms with E-state index in [4.69, 9.17) is 11.6 Å². The molecule has 1 aliphatic heterocycles. The normalized spacial score (nSPS) is 15.4. The lowest BCUT2D eigenvalue weighted by Crippen LogP contribution is -2.45. The van der Waals surface area contributed by atoms with Crippen molar-refractivity contribution < 1.29 is 14.0 Å². The van der Waals surface area contributed by atoms with Gasteiger partial charge in [0.25, 0.3) is 0 Å². The van der Waals surface area contributed by atoms with E-state index in [0.717, 1.165) is 11.3 Å². The number of halogens is 2. The van der Waals surface area contributed by atoms with Gasteiger partial charge in [0.15, 0.2) is 0 Å². The summed E-state index contributed by atoms with van der Waals surface area (Å²) in [6.45, 7) is 0.429. The lowest BCUT2D eigenvalue weighted by atomic mass is 10.2. The van der Waals surface area contributed by atoms with Gasteiger partial charge in [-0.1, -0.05) is 22.9 Å². The van der Waals surface area contributed by atoms with Crippen molar-refractivity contribution in [2.24, 2.45) is 0 Å². The number of carbonyl (C=O) groups is 2. The highest BCUT2D eigenvalue weighted by Crippen LogP contribution is 2.29. The zero-order valence-corrected chi connectivity index (χ0v) is 19.6. The Labute approximate surface area is 199 Å². The second-order valence-electron chi connectivity index (χ2n) is 7.75. The van der Waals surface area contributed by atoms with Gasteiger partial charge in [-0.25, -0.2) is 9.18 Å². The number of carbonyl (C=O) groups excluding carboxylic acids is 2. The average molecular weight is 489 g/mol. The van der Waals surface area contributed by atoms with Gasteiger partial charge < -0.3 is 15.1 Å². The van der Waals surface area contributed by atoms with Crippen molar-refractivity contribution in [3.05, 3.63) is 53.3 Å². The number of hydrogen-bond donors (Lipinski definition) is 2. The van der Waals surface area contributed by atoms with Gasteiger partial charge in [0.05, 0.1) is 5.02 Å². The van der Waals surface area contributed by atoms with E-state index in [9.17, 15) is 14.0 Å². The number of likely N-dealkylation sites (tertiary alicyclic amines) is 1. The molecule has 8 nitrogen and oxygen atoms in total. The third-order valence-corrected chi connectivity index (χ3v) is 6.45. The Morgan fingerprint density at radius 2 is 1.91 bits per heavy atom. The van der Waals surface area contributed by atoms with Gasteiger partial charge in [0.1, 0.15) is 16.9 Å². The molecule has 0 radical (unpaired) electrons. The lowest BCUT2D eigenvalue weighted by Gasteiger charge is -2.23. The van der Waals surface area contributed by atoms with E-state index in [2.05, 4.69) is 20.8 Å². The molecule has 172 valence electrons. The molecule has 1 fully saturated rings. The molecule has 0 bridgehead atoms. The van der Waals surface area contributed by atoms with Crippen molar-refractivity contribution in [2.75, 3.05) is 36.2 Å². The molecule has 0 aliphatic carbocycles. The van der Waals surface area contributed by atoms with Crippen LogP contribution in [0.25, 0.3) is 10.6 Å². The van der Waals surface area contributed by atoms with Crippen LogP contribution < -0.4 is 15.5 Å². The van der Waals surface area contributed by atoms with Crippen LogP contribution in [0.4, 0.5) is 25.7 Å². The van der Waals surface area contributed by atoms with Crippen LogP contribution in [0.1, 0.15) is 12.8 Å². The van der Waals surface area contributed by atoms with E-state index in [1.807, 2.05) is 43.3 Å². The topological polar surface area (TPSA) is 90.5 Å². The highest BCUT2D eigenvalue weighted by molar-refractivity contribution is 7.18. The Morgan fingerprint density at radius 1 is 1.15 bits per heavy atom. The molecule has 0 saturated carbocycles. The highest BCUT2D eigenvalue weighted by atomic mass is 35.5. The number of amides is 3. The number of nitrogens with zero attached hydrogens (tertiary/aromatic N) is 4. The van der Waals surface area contributed by atoms with Crippen molar-refractivity contribution in [1.29, 1.82) is 0 Å². The molecule has 11 heteroatoms. The maximum atomic E-state index is 13.4. The summed E-state index contributed by atoms with van der Waals surface area (Å²) in [6.07, 6.45) is 1.22. The number of anilines is 3. The van der Waals surface area contributed by atoms with Crippen LogP contribution >= 0.6 is 22.9 Å². The Kier molecular flexibility index (Phi) is 6.75. The smallest absolute Gasteiger partial charge is 0.322 e. The predicted octanol–water partition coefficient (Wildman–Crippen LogP) is 4.70. The summed E-state index contributed by atoms with van der Waals surface area (Å²) in [4.78, 5) is 29.0. The Hall–Kier alpha value is -3.24. The highest BCUT2D eigenvalue weighted by Gasteiger charge is 2.34. The van der Waals surface area contributed by atoms with Gasteiger partial charge in [-0.15, -0.1) is 10.2 Å². The second-order valence-corrected chi connectivity index (χ2v) is 9.14. The van der Waals surface area contributed by atoms with Crippen molar-refractivity contribution >= 4 is 51.4 Å². The monoisotopic (exact) mass is 488 g/mol. The first-order valence-electron chi connectivity index (χ1n) is 10.3. The van der Waals surface area contributed by atoms with E-state index in [0.29, 0.717) is 35.2 Å². The van der Waals surface area contributed by atoms with Crippen LogP contribution in [-0.2, 0) is 4.79 Å². The summed E-state index contributed by atoms with van der Waals surface area (Å²) < 4.78 is 13.4. The first-order valence-corrected chi connectivity index (χ1v) is 11.5. The van der Waals surface area contributed by atoms with Gasteiger partial charge in [0, 0.05) is 37.6 Å². The Bertz CT molecular complexity index is 1170. The van der Waals surface area contributed by atoms with Crippen molar-refractivity contribution in [1.82, 2.24) is 15.1 Å². The summed E-state index contributed by atoms with van der Waals surface area (Å²) in [6, 6.07) is 10.7. The molecule has 3 amide bonds. The van der Waals surface area contributed by atoms with Crippen molar-refractivity contribution in [2.45, 2.75) is 18.9 Å². The predicted molar refractivity (Wildman–Crippen MR) is 128 cm³/mol. The maximum Gasteiger partial charge on any atom is 0.322 e. The Morgan fingerprint density at radius 3 is 2.61 bits per heavy atom. The number of hydrogen-bond acceptors (Lipinski definition) is 6. The maximum absolute atomic E-state index is 13.4. The van der Waals surface area contributed by atoms with Crippen molar-refractivity contribution in [3.63, 3.8) is 0 Å². The molecule has 4 rings (SSSR count). The fourth-order valence-corrected chi connectivity index (χ4v) is 4.47. The number of aromatic nitrogens is 2. The van der Waals surface area contributed by atoms with Crippen LogP contribution in [0.2, 0.25) is 5.02 Å². The summed E-state index contributed by atoms with van der Waals surface area (Å²) >= 11 is 7.04. The van der Waals surface area contributed by atoms with E-state index < -0.39 is 17.9 Å². The van der Waals surface area contributed by atoms with Gasteiger partial charge in [0.2, 0.25) is 11.0 Å². The molecule has 33 heavy (non-hydrogen) atoms. The number of benzene rings is 2. The molecule has 1 aliphatic rings. The standard InChI is InChI=1S/C22H22ClFN6O2S/c1-29(2)15-8-5-13(6-9-15)20-27-28-21(33-20)26-19(31)18-4-3-11-30(18)22(32)25-14-7-10-17(24)16(23)12-14/h5-10,12,18H,3-4,11H2,1-2H3,(H,25,32)(H,26,28,31). The summed E-state index contributed by atoms with van der Waals surface area (Å²) in [5.41, 5.74) is 2.32. The minimum Gasteiger partial charge on any atom is -0.378 e. The van der Waals surface area contributed by atoms with Crippen LogP contribution in [0.3, 0.4) is 0 Å². The molecular formula is C22H22ClFN6O2S. The second kappa shape index (κ2) is 9.72.